The van der Waals surface area contributed by atoms with Crippen LogP contribution in [0.1, 0.15) is 45.8 Å². The van der Waals surface area contributed by atoms with Gasteiger partial charge in [0.05, 0.1) is 4.88 Å². The third-order valence-electron chi connectivity index (χ3n) is 3.93. The Morgan fingerprint density at radius 2 is 2.17 bits per heavy atom. The molecule has 18 heavy (non-hydrogen) atoms. The Labute approximate surface area is 113 Å². The highest BCUT2D eigenvalue weighted by Crippen LogP contribution is 2.28. The molecule has 0 spiro atoms. The lowest BCUT2D eigenvalue weighted by molar-refractivity contribution is 0.0928. The van der Waals surface area contributed by atoms with E-state index in [1.54, 1.807) is 11.3 Å². The van der Waals surface area contributed by atoms with Crippen LogP contribution in [0.15, 0.2) is 6.07 Å². The fourth-order valence-electron chi connectivity index (χ4n) is 2.65. The number of hydrogen-bond acceptors (Lipinski definition) is 3. The monoisotopic (exact) mass is 266 g/mol. The maximum atomic E-state index is 12.2. The summed E-state index contributed by atoms with van der Waals surface area (Å²) in [5, 5.41) is 3.11. The number of carbonyl (C=O) groups is 1. The van der Waals surface area contributed by atoms with Crippen molar-refractivity contribution in [3.8, 4) is 0 Å². The zero-order chi connectivity index (χ0) is 13.1. The Kier molecular flexibility index (Phi) is 4.40. The first kappa shape index (κ1) is 13.6. The second kappa shape index (κ2) is 5.85. The zero-order valence-corrected chi connectivity index (χ0v) is 12.0. The molecule has 1 atom stereocenters. The number of rotatable bonds is 4. The Bertz CT molecular complexity index is 402. The van der Waals surface area contributed by atoms with Gasteiger partial charge in [0.2, 0.25) is 0 Å². The SMILES string of the molecule is Cc1cc(C(=O)NC(CN)C2CCCC2)sc1C. The molecule has 0 saturated heterocycles. The molecular formula is C14H22N2OS. The molecule has 3 N–H and O–H groups in total. The molecule has 4 heteroatoms. The van der Waals surface area contributed by atoms with Gasteiger partial charge in [0.1, 0.15) is 0 Å². The van der Waals surface area contributed by atoms with Crippen LogP contribution in [-0.2, 0) is 0 Å². The molecule has 1 aromatic rings. The summed E-state index contributed by atoms with van der Waals surface area (Å²) in [6, 6.07) is 2.11. The summed E-state index contributed by atoms with van der Waals surface area (Å²) >= 11 is 1.56. The Morgan fingerprint density at radius 1 is 1.50 bits per heavy atom. The van der Waals surface area contributed by atoms with Gasteiger partial charge in [-0.25, -0.2) is 0 Å². The van der Waals surface area contributed by atoms with Crippen LogP contribution in [0.4, 0.5) is 0 Å². The molecule has 2 rings (SSSR count). The molecule has 0 bridgehead atoms. The van der Waals surface area contributed by atoms with E-state index in [0.717, 1.165) is 4.88 Å². The van der Waals surface area contributed by atoms with Crippen molar-refractivity contribution in [3.05, 3.63) is 21.4 Å². The van der Waals surface area contributed by atoms with Gasteiger partial charge in [-0.1, -0.05) is 12.8 Å². The molecule has 1 unspecified atom stereocenters. The lowest BCUT2D eigenvalue weighted by Gasteiger charge is -2.22. The number of nitrogens with two attached hydrogens (primary N) is 1. The quantitative estimate of drug-likeness (QED) is 0.880. The van der Waals surface area contributed by atoms with E-state index < -0.39 is 0 Å². The molecule has 1 amide bonds. The van der Waals surface area contributed by atoms with Gasteiger partial charge < -0.3 is 11.1 Å². The molecule has 0 aliphatic heterocycles. The molecule has 1 heterocycles. The van der Waals surface area contributed by atoms with Crippen LogP contribution in [0.2, 0.25) is 0 Å². The van der Waals surface area contributed by atoms with Gasteiger partial charge in [-0.15, -0.1) is 11.3 Å². The molecule has 0 radical (unpaired) electrons. The van der Waals surface area contributed by atoms with E-state index in [9.17, 15) is 4.79 Å². The van der Waals surface area contributed by atoms with Gasteiger partial charge in [0, 0.05) is 17.5 Å². The van der Waals surface area contributed by atoms with Gasteiger partial charge >= 0.3 is 0 Å². The summed E-state index contributed by atoms with van der Waals surface area (Å²) in [4.78, 5) is 14.2. The molecule has 1 aliphatic rings. The molecule has 1 aromatic heterocycles. The second-order valence-corrected chi connectivity index (χ2v) is 6.47. The minimum absolute atomic E-state index is 0.0403. The van der Waals surface area contributed by atoms with Crippen molar-refractivity contribution in [2.45, 2.75) is 45.6 Å². The summed E-state index contributed by atoms with van der Waals surface area (Å²) < 4.78 is 0. The van der Waals surface area contributed by atoms with E-state index in [4.69, 9.17) is 5.73 Å². The number of amides is 1. The topological polar surface area (TPSA) is 55.1 Å². The van der Waals surface area contributed by atoms with Crippen molar-refractivity contribution in [3.63, 3.8) is 0 Å². The minimum Gasteiger partial charge on any atom is -0.347 e. The summed E-state index contributed by atoms with van der Waals surface area (Å²) in [6.07, 6.45) is 4.94. The van der Waals surface area contributed by atoms with Crippen LogP contribution < -0.4 is 11.1 Å². The average Bonchev–Trinajstić information content (AvgIpc) is 2.97. The van der Waals surface area contributed by atoms with Crippen molar-refractivity contribution in [2.75, 3.05) is 6.54 Å². The molecule has 1 fully saturated rings. The maximum absolute atomic E-state index is 12.2. The summed E-state index contributed by atoms with van der Waals surface area (Å²) in [5.74, 6) is 0.611. The van der Waals surface area contributed by atoms with Gasteiger partial charge in [0.15, 0.2) is 0 Å². The molecule has 0 aromatic carbocycles. The average molecular weight is 266 g/mol. The maximum Gasteiger partial charge on any atom is 0.261 e. The highest BCUT2D eigenvalue weighted by molar-refractivity contribution is 7.14. The normalized spacial score (nSPS) is 17.9. The highest BCUT2D eigenvalue weighted by atomic mass is 32.1. The second-order valence-electron chi connectivity index (χ2n) is 5.21. The van der Waals surface area contributed by atoms with E-state index in [1.807, 2.05) is 19.9 Å². The molecule has 100 valence electrons. The van der Waals surface area contributed by atoms with Crippen LogP contribution >= 0.6 is 11.3 Å². The first-order valence-corrected chi connectivity index (χ1v) is 7.51. The van der Waals surface area contributed by atoms with E-state index in [0.29, 0.717) is 12.5 Å². The van der Waals surface area contributed by atoms with Crippen molar-refractivity contribution in [1.29, 1.82) is 0 Å². The molecule has 1 saturated carbocycles. The van der Waals surface area contributed by atoms with Gasteiger partial charge in [-0.05, 0) is 44.2 Å². The number of carbonyl (C=O) groups excluding carboxylic acids is 1. The summed E-state index contributed by atoms with van der Waals surface area (Å²) in [5.41, 5.74) is 6.99. The lowest BCUT2D eigenvalue weighted by atomic mass is 9.98. The van der Waals surface area contributed by atoms with E-state index in [-0.39, 0.29) is 11.9 Å². The molecule has 1 aliphatic carbocycles. The summed E-state index contributed by atoms with van der Waals surface area (Å²) in [6.45, 7) is 4.63. The number of thiophene rings is 1. The van der Waals surface area contributed by atoms with Crippen molar-refractivity contribution < 1.29 is 4.79 Å². The predicted octanol–water partition coefficient (Wildman–Crippen LogP) is 2.61. The summed E-state index contributed by atoms with van der Waals surface area (Å²) in [7, 11) is 0. The minimum atomic E-state index is 0.0403. The Balaban J connectivity index is 2.00. The van der Waals surface area contributed by atoms with Gasteiger partial charge in [-0.2, -0.15) is 0 Å². The third kappa shape index (κ3) is 2.93. The lowest BCUT2D eigenvalue weighted by Crippen LogP contribution is -2.44. The van der Waals surface area contributed by atoms with E-state index in [1.165, 1.54) is 36.1 Å². The fraction of sp³-hybridized carbons (Fsp3) is 0.643. The van der Waals surface area contributed by atoms with Gasteiger partial charge in [0.25, 0.3) is 5.91 Å². The number of nitrogens with one attached hydrogen (secondary N) is 1. The molecular weight excluding hydrogens is 244 g/mol. The third-order valence-corrected chi connectivity index (χ3v) is 5.08. The van der Waals surface area contributed by atoms with Crippen LogP contribution in [0.3, 0.4) is 0 Å². The zero-order valence-electron chi connectivity index (χ0n) is 11.2. The van der Waals surface area contributed by atoms with Crippen molar-refractivity contribution in [2.24, 2.45) is 11.7 Å². The number of hydrogen-bond donors (Lipinski definition) is 2. The van der Waals surface area contributed by atoms with Gasteiger partial charge in [-0.3, -0.25) is 4.79 Å². The van der Waals surface area contributed by atoms with Crippen LogP contribution in [0.25, 0.3) is 0 Å². The van der Waals surface area contributed by atoms with E-state index >= 15 is 0 Å². The molecule has 3 nitrogen and oxygen atoms in total. The smallest absolute Gasteiger partial charge is 0.261 e. The Hall–Kier alpha value is -0.870. The largest absolute Gasteiger partial charge is 0.347 e. The van der Waals surface area contributed by atoms with Crippen molar-refractivity contribution in [1.82, 2.24) is 5.32 Å². The first-order valence-electron chi connectivity index (χ1n) is 6.69. The standard InChI is InChI=1S/C14H22N2OS/c1-9-7-13(18-10(9)2)14(17)16-12(8-15)11-5-3-4-6-11/h7,11-12H,3-6,8,15H2,1-2H3,(H,16,17). The van der Waals surface area contributed by atoms with Crippen LogP contribution in [0.5, 0.6) is 0 Å². The van der Waals surface area contributed by atoms with E-state index in [2.05, 4.69) is 5.32 Å². The predicted molar refractivity (Wildman–Crippen MR) is 76.1 cm³/mol. The first-order chi connectivity index (χ1) is 8.61. The Morgan fingerprint density at radius 3 is 2.67 bits per heavy atom. The number of aryl methyl sites for hydroxylation is 2. The highest BCUT2D eigenvalue weighted by Gasteiger charge is 2.26. The van der Waals surface area contributed by atoms with Crippen LogP contribution in [-0.4, -0.2) is 18.5 Å². The van der Waals surface area contributed by atoms with Crippen molar-refractivity contribution >= 4 is 17.2 Å². The van der Waals surface area contributed by atoms with Crippen LogP contribution in [0, 0.1) is 19.8 Å². The fourth-order valence-corrected chi connectivity index (χ4v) is 3.59.